The Morgan fingerprint density at radius 3 is 2.58 bits per heavy atom. The molecule has 3 heterocycles. The Hall–Kier alpha value is -3.81. The van der Waals surface area contributed by atoms with E-state index in [1.165, 1.54) is 0 Å². The number of fused-ring (bicyclic) bond motifs is 1. The minimum absolute atomic E-state index is 0.0794. The molecule has 8 heteroatoms. The highest BCUT2D eigenvalue weighted by Crippen LogP contribution is 2.62. The monoisotopic (exact) mass is 440 g/mol. The average molecular weight is 441 g/mol. The molecule has 1 amide bonds. The molecule has 2 fully saturated rings. The molecule has 0 saturated heterocycles. The first-order valence-electron chi connectivity index (χ1n) is 11.2. The SMILES string of the molecule is Cn1cc(-c2ccc(C(=O)NC3CC4(C3)CC(c3n[nH]c(=O)c5ccccc35)C4)cn2)cn1. The number of hydrogen-bond donors (Lipinski definition) is 2. The van der Waals surface area contributed by atoms with E-state index in [1.54, 1.807) is 17.1 Å². The lowest BCUT2D eigenvalue weighted by Crippen LogP contribution is -2.55. The summed E-state index contributed by atoms with van der Waals surface area (Å²) < 4.78 is 1.73. The van der Waals surface area contributed by atoms with E-state index in [0.29, 0.717) is 16.9 Å². The first-order valence-corrected chi connectivity index (χ1v) is 11.2. The maximum Gasteiger partial charge on any atom is 0.272 e. The van der Waals surface area contributed by atoms with Crippen LogP contribution in [-0.4, -0.2) is 36.9 Å². The number of rotatable bonds is 4. The van der Waals surface area contributed by atoms with Crippen LogP contribution in [0.1, 0.15) is 47.7 Å². The van der Waals surface area contributed by atoms with Crippen LogP contribution in [0.2, 0.25) is 0 Å². The van der Waals surface area contributed by atoms with Crippen LogP contribution in [0.25, 0.3) is 22.0 Å². The molecule has 0 radical (unpaired) electrons. The highest BCUT2D eigenvalue weighted by atomic mass is 16.1. The molecule has 8 nitrogen and oxygen atoms in total. The fraction of sp³-hybridized carbons (Fsp3) is 0.320. The van der Waals surface area contributed by atoms with Crippen LogP contribution in [0.5, 0.6) is 0 Å². The molecule has 1 spiro atoms. The van der Waals surface area contributed by atoms with E-state index in [-0.39, 0.29) is 22.9 Å². The fourth-order valence-corrected chi connectivity index (χ4v) is 5.57. The molecule has 2 aliphatic carbocycles. The van der Waals surface area contributed by atoms with Crippen molar-refractivity contribution in [1.29, 1.82) is 0 Å². The van der Waals surface area contributed by atoms with Gasteiger partial charge in [0, 0.05) is 42.4 Å². The summed E-state index contributed by atoms with van der Waals surface area (Å²) in [5, 5.41) is 16.0. The molecule has 0 atom stereocenters. The van der Waals surface area contributed by atoms with Crippen molar-refractivity contribution < 1.29 is 4.79 Å². The Morgan fingerprint density at radius 2 is 1.88 bits per heavy atom. The van der Waals surface area contributed by atoms with Gasteiger partial charge in [-0.3, -0.25) is 19.3 Å². The predicted octanol–water partition coefficient (Wildman–Crippen LogP) is 3.17. The van der Waals surface area contributed by atoms with E-state index in [9.17, 15) is 9.59 Å². The maximum atomic E-state index is 12.7. The first kappa shape index (κ1) is 19.8. The van der Waals surface area contributed by atoms with Crippen LogP contribution in [0.4, 0.5) is 0 Å². The van der Waals surface area contributed by atoms with Gasteiger partial charge in [-0.2, -0.15) is 10.2 Å². The molecule has 6 rings (SSSR count). The third-order valence-electron chi connectivity index (χ3n) is 7.19. The summed E-state index contributed by atoms with van der Waals surface area (Å²) in [5.41, 5.74) is 3.42. The number of nitrogens with one attached hydrogen (secondary N) is 2. The van der Waals surface area contributed by atoms with Gasteiger partial charge in [0.15, 0.2) is 0 Å². The first-order chi connectivity index (χ1) is 16.0. The van der Waals surface area contributed by atoms with Crippen LogP contribution < -0.4 is 10.9 Å². The van der Waals surface area contributed by atoms with Crippen molar-refractivity contribution in [3.63, 3.8) is 0 Å². The number of carbonyl (C=O) groups is 1. The normalized spacial score (nSPS) is 23.8. The molecule has 0 aliphatic heterocycles. The summed E-state index contributed by atoms with van der Waals surface area (Å²) in [4.78, 5) is 29.1. The Bertz CT molecular complexity index is 1410. The van der Waals surface area contributed by atoms with Crippen molar-refractivity contribution in [3.05, 3.63) is 76.6 Å². The Balaban J connectivity index is 1.06. The average Bonchev–Trinajstić information content (AvgIpc) is 3.22. The van der Waals surface area contributed by atoms with Crippen molar-refractivity contribution >= 4 is 16.7 Å². The number of carbonyl (C=O) groups excluding carboxylic acids is 1. The molecule has 2 saturated carbocycles. The highest BCUT2D eigenvalue weighted by Gasteiger charge is 2.54. The van der Waals surface area contributed by atoms with Gasteiger partial charge in [-0.1, -0.05) is 18.2 Å². The van der Waals surface area contributed by atoms with E-state index < -0.39 is 0 Å². The van der Waals surface area contributed by atoms with Crippen LogP contribution in [0, 0.1) is 5.41 Å². The largest absolute Gasteiger partial charge is 0.349 e. The third-order valence-corrected chi connectivity index (χ3v) is 7.19. The summed E-state index contributed by atoms with van der Waals surface area (Å²) in [6, 6.07) is 11.5. The van der Waals surface area contributed by atoms with Crippen LogP contribution in [-0.2, 0) is 7.05 Å². The van der Waals surface area contributed by atoms with Gasteiger partial charge in [0.05, 0.1) is 28.5 Å². The molecule has 2 aliphatic rings. The van der Waals surface area contributed by atoms with E-state index >= 15 is 0 Å². The lowest BCUT2D eigenvalue weighted by molar-refractivity contribution is -0.0196. The summed E-state index contributed by atoms with van der Waals surface area (Å²) in [6.07, 6.45) is 9.34. The second-order valence-corrected chi connectivity index (χ2v) is 9.50. The zero-order valence-electron chi connectivity index (χ0n) is 18.3. The summed E-state index contributed by atoms with van der Waals surface area (Å²) in [5.74, 6) is 0.275. The van der Waals surface area contributed by atoms with Gasteiger partial charge < -0.3 is 5.32 Å². The Labute approximate surface area is 190 Å². The zero-order valence-corrected chi connectivity index (χ0v) is 18.3. The predicted molar refractivity (Wildman–Crippen MR) is 124 cm³/mol. The summed E-state index contributed by atoms with van der Waals surface area (Å²) in [7, 11) is 1.86. The van der Waals surface area contributed by atoms with Crippen molar-refractivity contribution in [2.45, 2.75) is 37.6 Å². The smallest absolute Gasteiger partial charge is 0.272 e. The quantitative estimate of drug-likeness (QED) is 0.507. The number of pyridine rings is 1. The number of hydrogen-bond acceptors (Lipinski definition) is 5. The number of aromatic nitrogens is 5. The molecule has 4 aromatic rings. The van der Waals surface area contributed by atoms with E-state index in [0.717, 1.165) is 48.0 Å². The minimum atomic E-state index is -0.141. The van der Waals surface area contributed by atoms with Crippen molar-refractivity contribution in [2.24, 2.45) is 12.5 Å². The molecular formula is C25H24N6O2. The topological polar surface area (TPSA) is 106 Å². The molecule has 1 aromatic carbocycles. The Kier molecular flexibility index (Phi) is 4.43. The number of aryl methyl sites for hydroxylation is 1. The summed E-state index contributed by atoms with van der Waals surface area (Å²) in [6.45, 7) is 0. The minimum Gasteiger partial charge on any atom is -0.349 e. The van der Waals surface area contributed by atoms with Gasteiger partial charge in [0.25, 0.3) is 11.5 Å². The third kappa shape index (κ3) is 3.42. The van der Waals surface area contributed by atoms with Gasteiger partial charge in [-0.05, 0) is 49.3 Å². The molecular weight excluding hydrogens is 416 g/mol. The highest BCUT2D eigenvalue weighted by molar-refractivity contribution is 5.94. The zero-order chi connectivity index (χ0) is 22.6. The lowest BCUT2D eigenvalue weighted by Gasteiger charge is -2.57. The van der Waals surface area contributed by atoms with Gasteiger partial charge >= 0.3 is 0 Å². The second-order valence-electron chi connectivity index (χ2n) is 9.50. The number of nitrogens with zero attached hydrogens (tertiary/aromatic N) is 4. The van der Waals surface area contributed by atoms with E-state index in [4.69, 9.17) is 0 Å². The van der Waals surface area contributed by atoms with Gasteiger partial charge in [-0.25, -0.2) is 5.10 Å². The van der Waals surface area contributed by atoms with E-state index in [1.807, 2.05) is 49.6 Å². The molecule has 0 bridgehead atoms. The van der Waals surface area contributed by atoms with Crippen LogP contribution in [0.15, 0.2) is 59.8 Å². The van der Waals surface area contributed by atoms with Gasteiger partial charge in [-0.15, -0.1) is 0 Å². The number of H-pyrrole nitrogens is 1. The standard InChI is InChI=1S/C25H24N6O2/c1-31-14-17(13-27-31)21-7-6-15(12-26-21)23(32)28-18-10-25(11-18)8-16(9-25)22-19-4-2-3-5-20(19)24(33)30-29-22/h2-7,12-14,16,18H,8-11H2,1H3,(H,28,32)(H,30,33). The number of aromatic amines is 1. The van der Waals surface area contributed by atoms with Crippen molar-refractivity contribution in [3.8, 4) is 11.3 Å². The van der Waals surface area contributed by atoms with Crippen LogP contribution >= 0.6 is 0 Å². The lowest BCUT2D eigenvalue weighted by atomic mass is 9.49. The number of amides is 1. The molecule has 33 heavy (non-hydrogen) atoms. The van der Waals surface area contributed by atoms with Crippen LogP contribution in [0.3, 0.4) is 0 Å². The van der Waals surface area contributed by atoms with Gasteiger partial charge in [0.1, 0.15) is 0 Å². The maximum absolute atomic E-state index is 12.7. The molecule has 2 N–H and O–H groups in total. The van der Waals surface area contributed by atoms with Crippen molar-refractivity contribution in [2.75, 3.05) is 0 Å². The van der Waals surface area contributed by atoms with E-state index in [2.05, 4.69) is 25.6 Å². The molecule has 3 aromatic heterocycles. The molecule has 0 unspecified atom stereocenters. The number of benzene rings is 1. The Morgan fingerprint density at radius 1 is 1.09 bits per heavy atom. The molecule has 166 valence electrons. The summed E-state index contributed by atoms with van der Waals surface area (Å²) >= 11 is 0. The van der Waals surface area contributed by atoms with Gasteiger partial charge in [0.2, 0.25) is 0 Å². The fourth-order valence-electron chi connectivity index (χ4n) is 5.57. The second kappa shape index (κ2) is 7.37. The van der Waals surface area contributed by atoms with Crippen molar-refractivity contribution in [1.82, 2.24) is 30.3 Å².